The van der Waals surface area contributed by atoms with Crippen molar-refractivity contribution in [1.29, 1.82) is 0 Å². The van der Waals surface area contributed by atoms with Crippen LogP contribution in [0.4, 0.5) is 5.69 Å². The van der Waals surface area contributed by atoms with Crippen LogP contribution in [0.3, 0.4) is 0 Å². The van der Waals surface area contributed by atoms with Crippen molar-refractivity contribution in [2.45, 2.75) is 46.1 Å². The summed E-state index contributed by atoms with van der Waals surface area (Å²) >= 11 is 9.49. The fourth-order valence-electron chi connectivity index (χ4n) is 3.34. The van der Waals surface area contributed by atoms with Crippen molar-refractivity contribution < 1.29 is 19.2 Å². The second-order valence-corrected chi connectivity index (χ2v) is 9.27. The number of halogens is 2. The molecule has 10 nitrogen and oxygen atoms in total. The molecule has 190 valence electrons. The minimum absolute atomic E-state index is 0.0503. The number of benzene rings is 2. The maximum atomic E-state index is 13.4. The Morgan fingerprint density at radius 2 is 2.03 bits per heavy atom. The van der Waals surface area contributed by atoms with Gasteiger partial charge in [0.05, 0.1) is 28.6 Å². The van der Waals surface area contributed by atoms with Gasteiger partial charge in [-0.05, 0) is 44.5 Å². The number of ether oxygens (including phenoxy) is 2. The van der Waals surface area contributed by atoms with Gasteiger partial charge in [-0.1, -0.05) is 41.4 Å². The van der Waals surface area contributed by atoms with Crippen molar-refractivity contribution in [2.75, 3.05) is 6.61 Å². The largest absolute Gasteiger partial charge is 0.471 e. The Hall–Kier alpha value is -3.31. The van der Waals surface area contributed by atoms with Gasteiger partial charge in [0.25, 0.3) is 5.56 Å². The van der Waals surface area contributed by atoms with Crippen molar-refractivity contribution in [1.82, 2.24) is 9.66 Å². The lowest BCUT2D eigenvalue weighted by Gasteiger charge is -2.16. The lowest BCUT2D eigenvalue weighted by molar-refractivity contribution is -0.386. The smallest absolute Gasteiger partial charge is 0.347 e. The Morgan fingerprint density at radius 1 is 1.31 bits per heavy atom. The molecule has 0 aliphatic carbocycles. The van der Waals surface area contributed by atoms with Crippen molar-refractivity contribution in [3.8, 4) is 5.75 Å². The van der Waals surface area contributed by atoms with Gasteiger partial charge >= 0.3 is 11.7 Å². The quantitative estimate of drug-likeness (QED) is 0.143. The molecule has 36 heavy (non-hydrogen) atoms. The van der Waals surface area contributed by atoms with E-state index in [1.165, 1.54) is 19.2 Å². The number of nitro groups is 1. The number of rotatable bonds is 9. The first-order valence-electron chi connectivity index (χ1n) is 11.1. The van der Waals surface area contributed by atoms with Crippen LogP contribution in [0.15, 0.2) is 44.7 Å². The molecule has 0 radical (unpaired) electrons. The summed E-state index contributed by atoms with van der Waals surface area (Å²) in [6, 6.07) is 7.69. The Labute approximate surface area is 220 Å². The van der Waals surface area contributed by atoms with Gasteiger partial charge in [-0.15, -0.1) is 0 Å². The van der Waals surface area contributed by atoms with Crippen LogP contribution < -0.4 is 10.3 Å². The molecule has 0 unspecified atom stereocenters. The van der Waals surface area contributed by atoms with Gasteiger partial charge in [0.2, 0.25) is 5.75 Å². The summed E-state index contributed by atoms with van der Waals surface area (Å²) in [5, 5.41) is 16.5. The van der Waals surface area contributed by atoms with Crippen molar-refractivity contribution in [2.24, 2.45) is 5.10 Å². The molecule has 0 saturated heterocycles. The monoisotopic (exact) mass is 578 g/mol. The van der Waals surface area contributed by atoms with E-state index in [1.807, 2.05) is 13.8 Å². The highest BCUT2D eigenvalue weighted by Crippen LogP contribution is 2.34. The molecule has 12 heteroatoms. The van der Waals surface area contributed by atoms with Crippen LogP contribution in [-0.4, -0.2) is 39.5 Å². The predicted octanol–water partition coefficient (Wildman–Crippen LogP) is 5.45. The van der Waals surface area contributed by atoms with Crippen LogP contribution in [0.1, 0.15) is 51.4 Å². The maximum absolute atomic E-state index is 13.4. The SMILES string of the molecule is CCOC(=O)[C@H](C)Oc1c(C=Nn2c([C@H](C)CC)nc3ccc(Br)cc3c2=O)cc(Cl)cc1[N+](=O)[O-]. The standard InChI is InChI=1S/C24H24BrClN4O6/c1-5-13(3)22-28-19-8-7-16(25)10-18(19)23(31)29(22)27-12-15-9-17(26)11-20(30(33)34)21(15)36-14(4)24(32)35-6-2/h7-14H,5-6H2,1-4H3/t13-,14+/m1/s1. The number of aromatic nitrogens is 2. The third-order valence-corrected chi connectivity index (χ3v) is 6.08. The van der Waals surface area contributed by atoms with E-state index < -0.39 is 28.2 Å². The summed E-state index contributed by atoms with van der Waals surface area (Å²) in [4.78, 5) is 41.2. The number of nitrogens with zero attached hydrogens (tertiary/aromatic N) is 4. The third-order valence-electron chi connectivity index (χ3n) is 5.37. The molecular weight excluding hydrogens is 556 g/mol. The first-order chi connectivity index (χ1) is 17.1. The zero-order chi connectivity index (χ0) is 26.6. The predicted molar refractivity (Wildman–Crippen MR) is 140 cm³/mol. The van der Waals surface area contributed by atoms with Gasteiger partial charge in [0.15, 0.2) is 6.10 Å². The number of carbonyl (C=O) groups is 1. The average molecular weight is 580 g/mol. The maximum Gasteiger partial charge on any atom is 0.347 e. The molecule has 1 heterocycles. The molecule has 0 spiro atoms. The summed E-state index contributed by atoms with van der Waals surface area (Å²) in [5.74, 6) is -0.615. The topological polar surface area (TPSA) is 126 Å². The Bertz CT molecular complexity index is 1410. The van der Waals surface area contributed by atoms with Crippen molar-refractivity contribution in [3.63, 3.8) is 0 Å². The van der Waals surface area contributed by atoms with Crippen LogP contribution >= 0.6 is 27.5 Å². The molecule has 0 fully saturated rings. The van der Waals surface area contributed by atoms with E-state index in [-0.39, 0.29) is 28.9 Å². The van der Waals surface area contributed by atoms with Gasteiger partial charge in [-0.3, -0.25) is 14.9 Å². The summed E-state index contributed by atoms with van der Waals surface area (Å²) in [6.07, 6.45) is 0.776. The Kier molecular flexibility index (Phi) is 8.80. The summed E-state index contributed by atoms with van der Waals surface area (Å²) in [7, 11) is 0. The van der Waals surface area contributed by atoms with Crippen LogP contribution in [0.25, 0.3) is 10.9 Å². The molecule has 0 bridgehead atoms. The highest BCUT2D eigenvalue weighted by atomic mass is 79.9. The zero-order valence-electron chi connectivity index (χ0n) is 20.0. The molecule has 0 aliphatic heterocycles. The highest BCUT2D eigenvalue weighted by Gasteiger charge is 2.26. The fraction of sp³-hybridized carbons (Fsp3) is 0.333. The Morgan fingerprint density at radius 3 is 2.67 bits per heavy atom. The van der Waals surface area contributed by atoms with E-state index in [9.17, 15) is 19.7 Å². The summed E-state index contributed by atoms with van der Waals surface area (Å²) in [6.45, 7) is 7.04. The first-order valence-corrected chi connectivity index (χ1v) is 12.3. The fourth-order valence-corrected chi connectivity index (χ4v) is 3.93. The van der Waals surface area contributed by atoms with E-state index in [0.717, 1.165) is 10.7 Å². The average Bonchev–Trinajstić information content (AvgIpc) is 2.84. The lowest BCUT2D eigenvalue weighted by atomic mass is 10.1. The van der Waals surface area contributed by atoms with Crippen LogP contribution in [-0.2, 0) is 9.53 Å². The molecule has 0 amide bonds. The number of hydrogen-bond acceptors (Lipinski definition) is 8. The molecule has 0 saturated carbocycles. The minimum atomic E-state index is -1.14. The first kappa shape index (κ1) is 27.3. The van der Waals surface area contributed by atoms with Gasteiger partial charge in [0.1, 0.15) is 5.82 Å². The number of hydrogen-bond donors (Lipinski definition) is 0. The second-order valence-electron chi connectivity index (χ2n) is 7.91. The lowest BCUT2D eigenvalue weighted by Crippen LogP contribution is -2.27. The van der Waals surface area contributed by atoms with Crippen molar-refractivity contribution >= 4 is 56.3 Å². The van der Waals surface area contributed by atoms with Crippen LogP contribution in [0.5, 0.6) is 5.75 Å². The van der Waals surface area contributed by atoms with E-state index in [2.05, 4.69) is 26.0 Å². The van der Waals surface area contributed by atoms with E-state index >= 15 is 0 Å². The van der Waals surface area contributed by atoms with Crippen LogP contribution in [0.2, 0.25) is 5.02 Å². The molecule has 2 aromatic carbocycles. The number of carbonyl (C=O) groups excluding carboxylic acids is 1. The van der Waals surface area contributed by atoms with Gasteiger partial charge in [-0.25, -0.2) is 9.78 Å². The highest BCUT2D eigenvalue weighted by molar-refractivity contribution is 9.10. The van der Waals surface area contributed by atoms with E-state index in [4.69, 9.17) is 21.1 Å². The van der Waals surface area contributed by atoms with E-state index in [0.29, 0.717) is 27.6 Å². The molecule has 3 aromatic rings. The summed E-state index contributed by atoms with van der Waals surface area (Å²) in [5.41, 5.74) is -0.251. The van der Waals surface area contributed by atoms with Gasteiger partial charge in [-0.2, -0.15) is 9.78 Å². The molecule has 0 aliphatic rings. The van der Waals surface area contributed by atoms with Crippen molar-refractivity contribution in [3.05, 3.63) is 71.7 Å². The number of fused-ring (bicyclic) bond motifs is 1. The van der Waals surface area contributed by atoms with Gasteiger partial charge < -0.3 is 9.47 Å². The van der Waals surface area contributed by atoms with E-state index in [1.54, 1.807) is 25.1 Å². The van der Waals surface area contributed by atoms with Gasteiger partial charge in [0, 0.05) is 27.0 Å². The third kappa shape index (κ3) is 5.90. The number of esters is 1. The minimum Gasteiger partial charge on any atom is -0.471 e. The zero-order valence-corrected chi connectivity index (χ0v) is 22.4. The molecule has 1 aromatic heterocycles. The molecular formula is C24H24BrClN4O6. The molecule has 2 atom stereocenters. The number of nitro benzene ring substituents is 1. The molecule has 3 rings (SSSR count). The summed E-state index contributed by atoms with van der Waals surface area (Å²) < 4.78 is 12.4. The van der Waals surface area contributed by atoms with Crippen LogP contribution in [0, 0.1) is 10.1 Å². The molecule has 0 N–H and O–H groups in total. The normalized spacial score (nSPS) is 13.1. The Balaban J connectivity index is 2.20. The second kappa shape index (κ2) is 11.6.